The van der Waals surface area contributed by atoms with Gasteiger partial charge in [-0.3, -0.25) is 4.79 Å². The molecule has 1 rings (SSSR count). The fourth-order valence-corrected chi connectivity index (χ4v) is 4.82. The Kier molecular flexibility index (Phi) is 6.11. The smallest absolute Gasteiger partial charge is 0.169 e. The Morgan fingerprint density at radius 1 is 1.27 bits per heavy atom. The summed E-state index contributed by atoms with van der Waals surface area (Å²) in [6.07, 6.45) is 0.525. The van der Waals surface area contributed by atoms with Gasteiger partial charge in [0.15, 0.2) is 5.78 Å². The predicted octanol–water partition coefficient (Wildman–Crippen LogP) is 3.86. The van der Waals surface area contributed by atoms with Gasteiger partial charge >= 0.3 is 0 Å². The first-order valence-corrected chi connectivity index (χ1v) is 7.57. The SMILES string of the molecule is CCC(=O)COc1c(I)cc(I)cc1I. The van der Waals surface area contributed by atoms with Crippen LogP contribution in [0.1, 0.15) is 13.3 Å². The zero-order valence-corrected chi connectivity index (χ0v) is 14.5. The van der Waals surface area contributed by atoms with Gasteiger partial charge in [0.25, 0.3) is 0 Å². The molecule has 0 amide bonds. The molecule has 0 fully saturated rings. The van der Waals surface area contributed by atoms with E-state index in [9.17, 15) is 4.79 Å². The van der Waals surface area contributed by atoms with Crippen LogP contribution in [0.3, 0.4) is 0 Å². The molecule has 1 aromatic rings. The van der Waals surface area contributed by atoms with E-state index in [0.717, 1.165) is 12.9 Å². The molecule has 0 atom stereocenters. The van der Waals surface area contributed by atoms with Gasteiger partial charge in [-0.15, -0.1) is 0 Å². The number of hydrogen-bond acceptors (Lipinski definition) is 2. The molecule has 0 aliphatic heterocycles. The molecule has 0 N–H and O–H groups in total. The molecule has 5 heteroatoms. The lowest BCUT2D eigenvalue weighted by Crippen LogP contribution is -2.11. The van der Waals surface area contributed by atoms with Gasteiger partial charge in [-0.1, -0.05) is 6.92 Å². The van der Waals surface area contributed by atoms with Gasteiger partial charge in [0.2, 0.25) is 0 Å². The number of Topliss-reactive ketones (excluding diaryl/α,β-unsaturated/α-hetero) is 1. The molecule has 0 aliphatic carbocycles. The number of carbonyl (C=O) groups is 1. The Morgan fingerprint density at radius 3 is 2.27 bits per heavy atom. The van der Waals surface area contributed by atoms with Crippen LogP contribution in [-0.4, -0.2) is 12.4 Å². The van der Waals surface area contributed by atoms with Gasteiger partial charge in [0, 0.05) is 9.99 Å². The van der Waals surface area contributed by atoms with Gasteiger partial charge in [-0.2, -0.15) is 0 Å². The normalized spacial score (nSPS) is 10.1. The van der Waals surface area contributed by atoms with Crippen molar-refractivity contribution in [3.05, 3.63) is 22.8 Å². The third-order valence-corrected chi connectivity index (χ3v) is 3.96. The average Bonchev–Trinajstić information content (AvgIpc) is 2.15. The van der Waals surface area contributed by atoms with E-state index >= 15 is 0 Å². The van der Waals surface area contributed by atoms with Crippen molar-refractivity contribution >= 4 is 73.6 Å². The Hall–Kier alpha value is 0.880. The highest BCUT2D eigenvalue weighted by molar-refractivity contribution is 14.1. The van der Waals surface area contributed by atoms with Gasteiger partial charge in [-0.05, 0) is 79.9 Å². The van der Waals surface area contributed by atoms with Gasteiger partial charge < -0.3 is 4.74 Å². The molecular weight excluding hydrogens is 533 g/mol. The highest BCUT2D eigenvalue weighted by Gasteiger charge is 2.09. The van der Waals surface area contributed by atoms with Crippen LogP contribution in [0, 0.1) is 10.7 Å². The van der Waals surface area contributed by atoms with E-state index in [2.05, 4.69) is 67.8 Å². The lowest BCUT2D eigenvalue weighted by atomic mass is 10.3. The summed E-state index contributed by atoms with van der Waals surface area (Å²) < 4.78 is 8.78. The average molecular weight is 542 g/mol. The number of carbonyl (C=O) groups excluding carboxylic acids is 1. The largest absolute Gasteiger partial charge is 0.484 e. The maximum atomic E-state index is 11.1. The Bertz CT molecular complexity index is 354. The molecule has 0 unspecified atom stereocenters. The molecule has 0 bridgehead atoms. The minimum Gasteiger partial charge on any atom is -0.484 e. The van der Waals surface area contributed by atoms with E-state index in [1.807, 2.05) is 19.1 Å². The van der Waals surface area contributed by atoms with Crippen molar-refractivity contribution in [2.75, 3.05) is 6.61 Å². The van der Waals surface area contributed by atoms with Crippen molar-refractivity contribution in [3.8, 4) is 5.75 Å². The van der Waals surface area contributed by atoms with Crippen LogP contribution in [0.15, 0.2) is 12.1 Å². The number of hydrogen-bond donors (Lipinski definition) is 0. The third-order valence-electron chi connectivity index (χ3n) is 1.73. The van der Waals surface area contributed by atoms with Gasteiger partial charge in [0.05, 0.1) is 7.14 Å². The molecule has 0 aliphatic rings. The number of benzene rings is 1. The standard InChI is InChI=1S/C10H9I3O2/c1-2-7(14)5-15-10-8(12)3-6(11)4-9(10)13/h3-4H,2,5H2,1H3. The summed E-state index contributed by atoms with van der Waals surface area (Å²) in [5.41, 5.74) is 0. The van der Waals surface area contributed by atoms with E-state index in [1.54, 1.807) is 0 Å². The van der Waals surface area contributed by atoms with E-state index < -0.39 is 0 Å². The molecule has 0 radical (unpaired) electrons. The van der Waals surface area contributed by atoms with Crippen LogP contribution >= 0.6 is 67.8 Å². The second kappa shape index (κ2) is 6.58. The number of ether oxygens (including phenoxy) is 1. The van der Waals surface area contributed by atoms with Crippen molar-refractivity contribution in [1.29, 1.82) is 0 Å². The molecule has 82 valence electrons. The lowest BCUT2D eigenvalue weighted by molar-refractivity contribution is -0.120. The van der Waals surface area contributed by atoms with E-state index in [0.29, 0.717) is 6.42 Å². The molecule has 0 spiro atoms. The summed E-state index contributed by atoms with van der Waals surface area (Å²) in [5, 5.41) is 0. The molecule has 2 nitrogen and oxygen atoms in total. The first-order chi connectivity index (χ1) is 7.04. The van der Waals surface area contributed by atoms with Crippen LogP contribution in [-0.2, 0) is 4.79 Å². The summed E-state index contributed by atoms with van der Waals surface area (Å²) in [7, 11) is 0. The predicted molar refractivity (Wildman–Crippen MR) is 85.4 cm³/mol. The Labute approximate surface area is 130 Å². The van der Waals surface area contributed by atoms with Crippen molar-refractivity contribution in [1.82, 2.24) is 0 Å². The maximum Gasteiger partial charge on any atom is 0.169 e. The summed E-state index contributed by atoms with van der Waals surface area (Å²) in [4.78, 5) is 11.1. The van der Waals surface area contributed by atoms with Crippen LogP contribution in [0.4, 0.5) is 0 Å². The lowest BCUT2D eigenvalue weighted by Gasteiger charge is -2.09. The topological polar surface area (TPSA) is 26.3 Å². The number of rotatable bonds is 4. The second-order valence-corrected chi connectivity index (χ2v) is 6.45. The number of halogens is 3. The first kappa shape index (κ1) is 13.9. The van der Waals surface area contributed by atoms with Crippen molar-refractivity contribution < 1.29 is 9.53 Å². The highest BCUT2D eigenvalue weighted by Crippen LogP contribution is 2.29. The van der Waals surface area contributed by atoms with Crippen molar-refractivity contribution in [2.45, 2.75) is 13.3 Å². The van der Waals surface area contributed by atoms with Gasteiger partial charge in [-0.25, -0.2) is 0 Å². The molecule has 0 saturated carbocycles. The van der Waals surface area contributed by atoms with Crippen LogP contribution in [0.5, 0.6) is 5.75 Å². The van der Waals surface area contributed by atoms with Crippen molar-refractivity contribution in [2.24, 2.45) is 0 Å². The quantitative estimate of drug-likeness (QED) is 0.541. The van der Waals surface area contributed by atoms with E-state index in [4.69, 9.17) is 4.74 Å². The molecule has 1 aromatic carbocycles. The second-order valence-electron chi connectivity index (χ2n) is 2.88. The monoisotopic (exact) mass is 542 g/mol. The molecule has 15 heavy (non-hydrogen) atoms. The highest BCUT2D eigenvalue weighted by atomic mass is 127. The summed E-state index contributed by atoms with van der Waals surface area (Å²) in [6, 6.07) is 4.07. The summed E-state index contributed by atoms with van der Waals surface area (Å²) in [6.45, 7) is 2.01. The third kappa shape index (κ3) is 4.33. The van der Waals surface area contributed by atoms with Crippen LogP contribution in [0.25, 0.3) is 0 Å². The Morgan fingerprint density at radius 2 is 1.80 bits per heavy atom. The van der Waals surface area contributed by atoms with Crippen LogP contribution < -0.4 is 4.74 Å². The Balaban J connectivity index is 2.81. The summed E-state index contributed by atoms with van der Waals surface area (Å²) in [5.74, 6) is 0.943. The fourth-order valence-electron chi connectivity index (χ4n) is 0.922. The maximum absolute atomic E-state index is 11.1. The minimum atomic E-state index is 0.125. The summed E-state index contributed by atoms with van der Waals surface area (Å²) >= 11 is 6.71. The molecule has 0 heterocycles. The van der Waals surface area contributed by atoms with Crippen molar-refractivity contribution in [3.63, 3.8) is 0 Å². The van der Waals surface area contributed by atoms with Gasteiger partial charge in [0.1, 0.15) is 12.4 Å². The molecule has 0 saturated heterocycles. The zero-order chi connectivity index (χ0) is 11.4. The van der Waals surface area contributed by atoms with E-state index in [1.165, 1.54) is 3.57 Å². The van der Waals surface area contributed by atoms with Crippen LogP contribution in [0.2, 0.25) is 0 Å². The van der Waals surface area contributed by atoms with E-state index in [-0.39, 0.29) is 12.4 Å². The minimum absolute atomic E-state index is 0.125. The molecular formula is C10H9I3O2. The molecule has 0 aromatic heterocycles. The number of ketones is 1. The zero-order valence-electron chi connectivity index (χ0n) is 8.02. The first-order valence-electron chi connectivity index (χ1n) is 4.33. The fraction of sp³-hybridized carbons (Fsp3) is 0.300.